The highest BCUT2D eigenvalue weighted by atomic mass is 32.1. The Balaban J connectivity index is 2.18. The first-order valence-corrected chi connectivity index (χ1v) is 6.82. The fourth-order valence-corrected chi connectivity index (χ4v) is 2.46. The van der Waals surface area contributed by atoms with Gasteiger partial charge in [0.25, 0.3) is 0 Å². The monoisotopic (exact) mass is 240 g/mol. The van der Waals surface area contributed by atoms with Crippen LogP contribution in [0.2, 0.25) is 0 Å². The lowest BCUT2D eigenvalue weighted by atomic mass is 9.88. The molecule has 0 aliphatic carbocycles. The van der Waals surface area contributed by atoms with Gasteiger partial charge in [-0.25, -0.2) is 0 Å². The van der Waals surface area contributed by atoms with Crippen LogP contribution in [-0.2, 0) is 6.54 Å². The highest BCUT2D eigenvalue weighted by Crippen LogP contribution is 2.20. The molecule has 92 valence electrons. The van der Waals surface area contributed by atoms with Crippen molar-refractivity contribution in [1.82, 2.24) is 4.90 Å². The summed E-state index contributed by atoms with van der Waals surface area (Å²) in [5.74, 6) is 0. The maximum absolute atomic E-state index is 5.72. The van der Waals surface area contributed by atoms with E-state index in [2.05, 4.69) is 43.3 Å². The van der Waals surface area contributed by atoms with E-state index in [4.69, 9.17) is 5.73 Å². The second-order valence-electron chi connectivity index (χ2n) is 5.29. The number of hydrogen-bond donors (Lipinski definition) is 1. The molecule has 3 heteroatoms. The molecule has 0 saturated heterocycles. The normalized spacial score (nSPS) is 12.3. The van der Waals surface area contributed by atoms with Gasteiger partial charge in [0.05, 0.1) is 0 Å². The van der Waals surface area contributed by atoms with Crippen molar-refractivity contribution in [3.05, 3.63) is 22.4 Å². The van der Waals surface area contributed by atoms with Crippen molar-refractivity contribution in [2.75, 3.05) is 20.1 Å². The average Bonchev–Trinajstić information content (AvgIpc) is 2.70. The molecule has 0 unspecified atom stereocenters. The first kappa shape index (κ1) is 13.7. The number of nitrogens with zero attached hydrogens (tertiary/aromatic N) is 1. The third kappa shape index (κ3) is 5.10. The lowest BCUT2D eigenvalue weighted by molar-refractivity contribution is 0.275. The molecule has 1 rings (SSSR count). The van der Waals surface area contributed by atoms with Gasteiger partial charge in [0.1, 0.15) is 0 Å². The molecule has 0 radical (unpaired) electrons. The van der Waals surface area contributed by atoms with Crippen LogP contribution in [0.1, 0.15) is 31.6 Å². The van der Waals surface area contributed by atoms with E-state index in [9.17, 15) is 0 Å². The molecular formula is C13H24N2S. The Kier molecular flexibility index (Phi) is 5.46. The van der Waals surface area contributed by atoms with Gasteiger partial charge in [-0.05, 0) is 49.8 Å². The number of rotatable bonds is 7. The largest absolute Gasteiger partial charge is 0.330 e. The molecule has 2 nitrogen and oxygen atoms in total. The van der Waals surface area contributed by atoms with Crippen LogP contribution in [-0.4, -0.2) is 25.0 Å². The van der Waals surface area contributed by atoms with Gasteiger partial charge in [-0.3, -0.25) is 0 Å². The fraction of sp³-hybridized carbons (Fsp3) is 0.692. The predicted molar refractivity (Wildman–Crippen MR) is 72.7 cm³/mol. The molecule has 2 N–H and O–H groups in total. The molecular weight excluding hydrogens is 216 g/mol. The second-order valence-corrected chi connectivity index (χ2v) is 6.32. The third-order valence-electron chi connectivity index (χ3n) is 2.95. The number of nitrogens with two attached hydrogens (primary N) is 1. The molecule has 0 atom stereocenters. The van der Waals surface area contributed by atoms with Gasteiger partial charge in [-0.15, -0.1) is 11.3 Å². The molecule has 16 heavy (non-hydrogen) atoms. The maximum atomic E-state index is 5.72. The Morgan fingerprint density at radius 1 is 1.44 bits per heavy atom. The van der Waals surface area contributed by atoms with Crippen molar-refractivity contribution in [3.8, 4) is 0 Å². The molecule has 1 heterocycles. The highest BCUT2D eigenvalue weighted by molar-refractivity contribution is 7.09. The lowest BCUT2D eigenvalue weighted by Gasteiger charge is -2.24. The average molecular weight is 240 g/mol. The van der Waals surface area contributed by atoms with E-state index in [-0.39, 0.29) is 0 Å². The third-order valence-corrected chi connectivity index (χ3v) is 3.81. The summed E-state index contributed by atoms with van der Waals surface area (Å²) in [5.41, 5.74) is 6.02. The van der Waals surface area contributed by atoms with Crippen molar-refractivity contribution >= 4 is 11.3 Å². The predicted octanol–water partition coefficient (Wildman–Crippen LogP) is 2.95. The molecule has 1 aromatic rings. The molecule has 0 spiro atoms. The SMILES string of the molecule is CN(CCCC(C)(C)CN)Cc1cccs1. The Bertz CT molecular complexity index is 280. The molecule has 0 fully saturated rings. The summed E-state index contributed by atoms with van der Waals surface area (Å²) in [5, 5.41) is 2.14. The van der Waals surface area contributed by atoms with E-state index in [0.29, 0.717) is 5.41 Å². The first-order valence-electron chi connectivity index (χ1n) is 5.94. The van der Waals surface area contributed by atoms with Gasteiger partial charge in [-0.2, -0.15) is 0 Å². The summed E-state index contributed by atoms with van der Waals surface area (Å²) in [4.78, 5) is 3.83. The minimum atomic E-state index is 0.295. The van der Waals surface area contributed by atoms with E-state index in [1.54, 1.807) is 0 Å². The summed E-state index contributed by atoms with van der Waals surface area (Å²) in [6.07, 6.45) is 2.43. The maximum Gasteiger partial charge on any atom is 0.0324 e. The Labute approximate surface area is 103 Å². The molecule has 0 aliphatic heterocycles. The molecule has 0 saturated carbocycles. The van der Waals surface area contributed by atoms with Gasteiger partial charge < -0.3 is 10.6 Å². The van der Waals surface area contributed by atoms with E-state index < -0.39 is 0 Å². The Morgan fingerprint density at radius 2 is 2.19 bits per heavy atom. The van der Waals surface area contributed by atoms with Crippen molar-refractivity contribution < 1.29 is 0 Å². The van der Waals surface area contributed by atoms with Gasteiger partial charge >= 0.3 is 0 Å². The van der Waals surface area contributed by atoms with Crippen molar-refractivity contribution in [3.63, 3.8) is 0 Å². The van der Waals surface area contributed by atoms with Crippen LogP contribution in [0.4, 0.5) is 0 Å². The summed E-state index contributed by atoms with van der Waals surface area (Å²) < 4.78 is 0. The van der Waals surface area contributed by atoms with Crippen LogP contribution < -0.4 is 5.73 Å². The van der Waals surface area contributed by atoms with Crippen LogP contribution in [0.5, 0.6) is 0 Å². The number of hydrogen-bond acceptors (Lipinski definition) is 3. The van der Waals surface area contributed by atoms with Crippen molar-refractivity contribution in [2.24, 2.45) is 11.1 Å². The van der Waals surface area contributed by atoms with Crippen LogP contribution in [0.25, 0.3) is 0 Å². The second kappa shape index (κ2) is 6.38. The quantitative estimate of drug-likeness (QED) is 0.794. The van der Waals surface area contributed by atoms with E-state index >= 15 is 0 Å². The smallest absolute Gasteiger partial charge is 0.0324 e. The molecule has 0 aromatic carbocycles. The van der Waals surface area contributed by atoms with E-state index in [1.807, 2.05) is 11.3 Å². The standard InChI is InChI=1S/C13H24N2S/c1-13(2,11-14)7-5-8-15(3)10-12-6-4-9-16-12/h4,6,9H,5,7-8,10-11,14H2,1-3H3. The minimum Gasteiger partial charge on any atom is -0.330 e. The minimum absolute atomic E-state index is 0.295. The van der Waals surface area contributed by atoms with Crippen molar-refractivity contribution in [1.29, 1.82) is 0 Å². The van der Waals surface area contributed by atoms with Crippen LogP contribution in [0.3, 0.4) is 0 Å². The highest BCUT2D eigenvalue weighted by Gasteiger charge is 2.14. The molecule has 1 aromatic heterocycles. The van der Waals surface area contributed by atoms with Crippen LogP contribution in [0, 0.1) is 5.41 Å². The Hall–Kier alpha value is -0.380. The summed E-state index contributed by atoms with van der Waals surface area (Å²) >= 11 is 1.83. The fourth-order valence-electron chi connectivity index (χ4n) is 1.68. The molecule has 0 bridgehead atoms. The van der Waals surface area contributed by atoms with Gasteiger partial charge in [0.2, 0.25) is 0 Å². The van der Waals surface area contributed by atoms with Crippen LogP contribution >= 0.6 is 11.3 Å². The van der Waals surface area contributed by atoms with Crippen LogP contribution in [0.15, 0.2) is 17.5 Å². The zero-order chi connectivity index (χ0) is 12.0. The van der Waals surface area contributed by atoms with Gasteiger partial charge in [0, 0.05) is 11.4 Å². The van der Waals surface area contributed by atoms with Gasteiger partial charge in [0.15, 0.2) is 0 Å². The lowest BCUT2D eigenvalue weighted by Crippen LogP contribution is -2.26. The summed E-state index contributed by atoms with van der Waals surface area (Å²) in [6, 6.07) is 4.32. The summed E-state index contributed by atoms with van der Waals surface area (Å²) in [7, 11) is 2.19. The zero-order valence-electron chi connectivity index (χ0n) is 10.7. The first-order chi connectivity index (χ1) is 7.53. The molecule has 0 aliphatic rings. The van der Waals surface area contributed by atoms with E-state index in [0.717, 1.165) is 19.6 Å². The zero-order valence-corrected chi connectivity index (χ0v) is 11.5. The Morgan fingerprint density at radius 3 is 2.75 bits per heavy atom. The topological polar surface area (TPSA) is 29.3 Å². The summed E-state index contributed by atoms with van der Waals surface area (Å²) in [6.45, 7) is 7.49. The number of thiophene rings is 1. The molecule has 0 amide bonds. The van der Waals surface area contributed by atoms with Gasteiger partial charge in [-0.1, -0.05) is 19.9 Å². The van der Waals surface area contributed by atoms with E-state index in [1.165, 1.54) is 17.7 Å². The van der Waals surface area contributed by atoms with Crippen molar-refractivity contribution in [2.45, 2.75) is 33.2 Å².